The van der Waals surface area contributed by atoms with E-state index in [1.807, 2.05) is 26.0 Å². The first-order valence-electron chi connectivity index (χ1n) is 10.9. The number of nitrogens with one attached hydrogen (secondary N) is 1. The SMILES string of the molecule is C[CH-]c1ccccc1-c1cccc2c1Cc1ccccc1-2.Cc1cc(C)c([NH-])c(C)c1.[Cl-].[Cl-].[Ti+2]. The van der Waals surface area contributed by atoms with Crippen molar-refractivity contribution in [2.24, 2.45) is 0 Å². The largest absolute Gasteiger partial charge is 2.00 e. The smallest absolute Gasteiger partial charge is 1.00 e. The molecule has 0 saturated heterocycles. The molecular weight excluding hydrogens is 493 g/mol. The molecule has 1 aliphatic rings. The number of hydrogen-bond donors (Lipinski definition) is 0. The van der Waals surface area contributed by atoms with Crippen molar-refractivity contribution in [3.63, 3.8) is 0 Å². The van der Waals surface area contributed by atoms with Gasteiger partial charge in [-0.15, -0.1) is 23.4 Å². The minimum absolute atomic E-state index is 0. The van der Waals surface area contributed by atoms with E-state index in [9.17, 15) is 0 Å². The van der Waals surface area contributed by atoms with Gasteiger partial charge in [-0.05, 0) is 49.4 Å². The van der Waals surface area contributed by atoms with Gasteiger partial charge >= 0.3 is 21.7 Å². The molecule has 4 aromatic rings. The zero-order valence-electron chi connectivity index (χ0n) is 20.0. The van der Waals surface area contributed by atoms with Gasteiger partial charge in [0.2, 0.25) is 0 Å². The van der Waals surface area contributed by atoms with Gasteiger partial charge in [-0.1, -0.05) is 89.8 Å². The van der Waals surface area contributed by atoms with E-state index < -0.39 is 0 Å². The summed E-state index contributed by atoms with van der Waals surface area (Å²) < 4.78 is 0. The van der Waals surface area contributed by atoms with E-state index in [-0.39, 0.29) is 46.5 Å². The average molecular weight is 522 g/mol. The summed E-state index contributed by atoms with van der Waals surface area (Å²) in [7, 11) is 0. The van der Waals surface area contributed by atoms with Crippen molar-refractivity contribution in [1.82, 2.24) is 0 Å². The Kier molecular flexibility index (Phi) is 11.5. The number of benzene rings is 4. The molecule has 0 fully saturated rings. The first kappa shape index (κ1) is 29.9. The van der Waals surface area contributed by atoms with Gasteiger partial charge in [0.15, 0.2) is 0 Å². The second-order valence-corrected chi connectivity index (χ2v) is 8.32. The first-order valence-corrected chi connectivity index (χ1v) is 10.9. The third-order valence-electron chi connectivity index (χ3n) is 6.09. The predicted molar refractivity (Wildman–Crippen MR) is 134 cm³/mol. The predicted octanol–water partition coefficient (Wildman–Crippen LogP) is 2.80. The average Bonchev–Trinajstić information content (AvgIpc) is 3.17. The Morgan fingerprint density at radius 2 is 1.18 bits per heavy atom. The molecule has 34 heavy (non-hydrogen) atoms. The number of hydrogen-bond acceptors (Lipinski definition) is 0. The van der Waals surface area contributed by atoms with Crippen LogP contribution in [0.5, 0.6) is 0 Å². The molecule has 0 unspecified atom stereocenters. The molecule has 0 bridgehead atoms. The Morgan fingerprint density at radius 1 is 0.676 bits per heavy atom. The van der Waals surface area contributed by atoms with Gasteiger partial charge in [0, 0.05) is 0 Å². The van der Waals surface area contributed by atoms with Crippen LogP contribution in [0.25, 0.3) is 28.0 Å². The van der Waals surface area contributed by atoms with Gasteiger partial charge in [-0.3, -0.25) is 0 Å². The molecule has 0 saturated carbocycles. The second-order valence-electron chi connectivity index (χ2n) is 8.32. The molecule has 1 nitrogen and oxygen atoms in total. The number of aryl methyl sites for hydroxylation is 3. The van der Waals surface area contributed by atoms with Gasteiger partial charge in [-0.25, -0.2) is 0 Å². The van der Waals surface area contributed by atoms with E-state index in [0.717, 1.165) is 17.5 Å². The van der Waals surface area contributed by atoms with E-state index in [2.05, 4.69) is 87.0 Å². The summed E-state index contributed by atoms with van der Waals surface area (Å²) in [4.78, 5) is 0. The molecular formula is C30H29Cl2NTi-2. The van der Waals surface area contributed by atoms with Gasteiger partial charge in [0.05, 0.1) is 0 Å². The van der Waals surface area contributed by atoms with Gasteiger partial charge < -0.3 is 30.5 Å². The van der Waals surface area contributed by atoms with Crippen LogP contribution in [0.4, 0.5) is 5.69 Å². The standard InChI is InChI=1S/C21H17.C9H12N.2ClH.Ti/c1-2-15-8-3-5-10-17(15)19-12-7-13-20-18-11-6-4-9-16(18)14-21(19)20;1-6-4-7(2)9(10)8(3)5-6;;;/h2-13H,14H2,1H3;4-5,10H,1-3H3;2*1H;/q2*-1;;;+2/p-2. The molecule has 0 aromatic heterocycles. The van der Waals surface area contributed by atoms with Crippen LogP contribution in [-0.2, 0) is 28.1 Å². The zero-order valence-corrected chi connectivity index (χ0v) is 23.1. The van der Waals surface area contributed by atoms with Crippen molar-refractivity contribution in [3.05, 3.63) is 124 Å². The second kappa shape index (κ2) is 13.1. The minimum atomic E-state index is 0. The Balaban J connectivity index is 0.000000385. The molecule has 174 valence electrons. The summed E-state index contributed by atoms with van der Waals surface area (Å²) >= 11 is 0. The van der Waals surface area contributed by atoms with Gasteiger partial charge in [0.25, 0.3) is 0 Å². The Morgan fingerprint density at radius 3 is 1.79 bits per heavy atom. The first-order chi connectivity index (χ1) is 15.0. The van der Waals surface area contributed by atoms with Crippen LogP contribution in [0.15, 0.2) is 78.9 Å². The van der Waals surface area contributed by atoms with Crippen molar-refractivity contribution >= 4 is 5.69 Å². The quantitative estimate of drug-likeness (QED) is 0.252. The van der Waals surface area contributed by atoms with E-state index in [1.54, 1.807) is 0 Å². The van der Waals surface area contributed by atoms with Crippen LogP contribution >= 0.6 is 0 Å². The monoisotopic (exact) mass is 521 g/mol. The molecule has 0 atom stereocenters. The molecule has 5 rings (SSSR count). The van der Waals surface area contributed by atoms with Gasteiger partial charge in [0.1, 0.15) is 0 Å². The molecule has 4 heteroatoms. The summed E-state index contributed by atoms with van der Waals surface area (Å²) in [5, 5.41) is 0. The summed E-state index contributed by atoms with van der Waals surface area (Å²) in [6, 6.07) is 28.2. The zero-order chi connectivity index (χ0) is 22.0. The third kappa shape index (κ3) is 6.09. The van der Waals surface area contributed by atoms with Crippen molar-refractivity contribution in [3.8, 4) is 22.3 Å². The summed E-state index contributed by atoms with van der Waals surface area (Å²) in [5.41, 5.74) is 21.3. The fourth-order valence-corrected chi connectivity index (χ4v) is 4.58. The van der Waals surface area contributed by atoms with Crippen molar-refractivity contribution < 1.29 is 46.5 Å². The summed E-state index contributed by atoms with van der Waals surface area (Å²) in [6.45, 7) is 8.11. The molecule has 4 aromatic carbocycles. The maximum absolute atomic E-state index is 7.54. The van der Waals surface area contributed by atoms with Crippen molar-refractivity contribution in [2.45, 2.75) is 34.1 Å². The molecule has 0 aliphatic heterocycles. The molecule has 1 N–H and O–H groups in total. The van der Waals surface area contributed by atoms with Crippen LogP contribution < -0.4 is 24.8 Å². The van der Waals surface area contributed by atoms with Crippen molar-refractivity contribution in [2.75, 3.05) is 0 Å². The number of halogens is 2. The maximum atomic E-state index is 7.54. The van der Waals surface area contributed by atoms with Gasteiger partial charge in [-0.2, -0.15) is 18.1 Å². The minimum Gasteiger partial charge on any atom is -1.00 e. The van der Waals surface area contributed by atoms with Crippen LogP contribution in [0.2, 0.25) is 0 Å². The molecule has 0 amide bonds. The van der Waals surface area contributed by atoms with Crippen LogP contribution in [0.3, 0.4) is 0 Å². The van der Waals surface area contributed by atoms with E-state index in [4.69, 9.17) is 5.73 Å². The topological polar surface area (TPSA) is 23.8 Å². The van der Waals surface area contributed by atoms with Crippen LogP contribution in [-0.4, -0.2) is 0 Å². The Hall–Kier alpha value is -2.16. The Labute approximate surface area is 231 Å². The van der Waals surface area contributed by atoms with E-state index in [0.29, 0.717) is 5.69 Å². The number of rotatable bonds is 2. The molecule has 0 radical (unpaired) electrons. The molecule has 1 aliphatic carbocycles. The van der Waals surface area contributed by atoms with Crippen LogP contribution in [0, 0.1) is 27.2 Å². The van der Waals surface area contributed by atoms with Crippen molar-refractivity contribution in [1.29, 1.82) is 0 Å². The molecule has 0 spiro atoms. The van der Waals surface area contributed by atoms with E-state index >= 15 is 0 Å². The van der Waals surface area contributed by atoms with E-state index in [1.165, 1.54) is 44.5 Å². The molecule has 0 heterocycles. The fraction of sp³-hybridized carbons (Fsp3) is 0.167. The normalized spacial score (nSPS) is 10.2. The maximum Gasteiger partial charge on any atom is 2.00 e. The van der Waals surface area contributed by atoms with Crippen LogP contribution in [0.1, 0.15) is 40.3 Å². The fourth-order valence-electron chi connectivity index (χ4n) is 4.58. The summed E-state index contributed by atoms with van der Waals surface area (Å²) in [6.07, 6.45) is 3.23. The summed E-state index contributed by atoms with van der Waals surface area (Å²) in [5.74, 6) is 0. The third-order valence-corrected chi connectivity index (χ3v) is 6.09. The Bertz CT molecular complexity index is 1230. The number of fused-ring (bicyclic) bond motifs is 3.